The van der Waals surface area contributed by atoms with Crippen LogP contribution in [0.4, 0.5) is 0 Å². The summed E-state index contributed by atoms with van der Waals surface area (Å²) in [5, 5.41) is 0. The molecule has 1 saturated heterocycles. The van der Waals surface area contributed by atoms with Crippen molar-refractivity contribution in [1.82, 2.24) is 9.21 Å². The highest BCUT2D eigenvalue weighted by atomic mass is 32.2. The van der Waals surface area contributed by atoms with Crippen molar-refractivity contribution in [3.63, 3.8) is 0 Å². The number of benzene rings is 1. The molecule has 1 aromatic rings. The summed E-state index contributed by atoms with van der Waals surface area (Å²) < 4.78 is 31.3. The van der Waals surface area contributed by atoms with E-state index in [4.69, 9.17) is 4.74 Å². The van der Waals surface area contributed by atoms with Gasteiger partial charge in [0, 0.05) is 26.1 Å². The van der Waals surface area contributed by atoms with Crippen molar-refractivity contribution >= 4 is 21.8 Å². The minimum absolute atomic E-state index is 0.0102. The first-order valence-corrected chi connectivity index (χ1v) is 9.34. The first-order valence-electron chi connectivity index (χ1n) is 7.90. The van der Waals surface area contributed by atoms with Crippen molar-refractivity contribution in [2.24, 2.45) is 0 Å². The molecule has 3 rings (SSSR count). The zero-order valence-corrected chi connectivity index (χ0v) is 14.5. The van der Waals surface area contributed by atoms with E-state index in [1.807, 2.05) is 13.8 Å². The molecule has 0 aromatic heterocycles. The number of fused-ring (bicyclic) bond motifs is 1. The second kappa shape index (κ2) is 6.18. The molecule has 7 nitrogen and oxygen atoms in total. The number of morpholine rings is 1. The zero-order valence-electron chi connectivity index (χ0n) is 13.6. The van der Waals surface area contributed by atoms with E-state index in [0.717, 1.165) is 4.31 Å². The molecule has 130 valence electrons. The Balaban J connectivity index is 1.69. The van der Waals surface area contributed by atoms with Crippen LogP contribution in [-0.4, -0.2) is 61.3 Å². The van der Waals surface area contributed by atoms with E-state index < -0.39 is 15.9 Å². The van der Waals surface area contributed by atoms with Crippen LogP contribution in [0.2, 0.25) is 0 Å². The summed E-state index contributed by atoms with van der Waals surface area (Å²) in [6.45, 7) is 4.59. The fourth-order valence-corrected chi connectivity index (χ4v) is 4.76. The van der Waals surface area contributed by atoms with Gasteiger partial charge in [0.25, 0.3) is 15.9 Å². The Kier molecular flexibility index (Phi) is 4.35. The van der Waals surface area contributed by atoms with E-state index in [9.17, 15) is 18.0 Å². The number of carbonyl (C=O) groups excluding carboxylic acids is 2. The number of ether oxygens (including phenoxy) is 1. The van der Waals surface area contributed by atoms with E-state index in [-0.39, 0.29) is 41.5 Å². The first-order chi connectivity index (χ1) is 11.3. The smallest absolute Gasteiger partial charge is 0.269 e. The molecule has 1 fully saturated rings. The van der Waals surface area contributed by atoms with E-state index in [0.29, 0.717) is 13.1 Å². The lowest BCUT2D eigenvalue weighted by molar-refractivity contribution is -0.143. The molecule has 0 N–H and O–H groups in total. The molecule has 8 heteroatoms. The van der Waals surface area contributed by atoms with Crippen LogP contribution in [0, 0.1) is 0 Å². The standard InChI is InChI=1S/C16H20N2O5S/c1-11-9-17(10-12(2)23-11)15(19)7-8-18-16(20)13-5-3-4-6-14(13)24(18,21)22/h3-6,11-12H,7-10H2,1-2H3/t11-,12-/m1/s1. The van der Waals surface area contributed by atoms with Crippen LogP contribution < -0.4 is 0 Å². The monoisotopic (exact) mass is 352 g/mol. The fraction of sp³-hybridized carbons (Fsp3) is 0.500. The number of nitrogens with zero attached hydrogens (tertiary/aromatic N) is 2. The third-order valence-electron chi connectivity index (χ3n) is 4.21. The highest BCUT2D eigenvalue weighted by molar-refractivity contribution is 7.90. The van der Waals surface area contributed by atoms with Crippen molar-refractivity contribution in [1.29, 1.82) is 0 Å². The third-order valence-corrected chi connectivity index (χ3v) is 6.05. The average Bonchev–Trinajstić information content (AvgIpc) is 2.72. The number of hydrogen-bond donors (Lipinski definition) is 0. The average molecular weight is 352 g/mol. The maximum Gasteiger partial charge on any atom is 0.269 e. The number of amides is 2. The molecule has 0 unspecified atom stereocenters. The minimum atomic E-state index is -3.86. The van der Waals surface area contributed by atoms with Crippen LogP contribution in [0.25, 0.3) is 0 Å². The summed E-state index contributed by atoms with van der Waals surface area (Å²) >= 11 is 0. The molecular formula is C16H20N2O5S. The lowest BCUT2D eigenvalue weighted by Gasteiger charge is -2.35. The molecular weight excluding hydrogens is 332 g/mol. The van der Waals surface area contributed by atoms with Gasteiger partial charge >= 0.3 is 0 Å². The van der Waals surface area contributed by atoms with Gasteiger partial charge in [0.1, 0.15) is 4.90 Å². The van der Waals surface area contributed by atoms with E-state index >= 15 is 0 Å². The van der Waals surface area contributed by atoms with Gasteiger partial charge in [-0.3, -0.25) is 9.59 Å². The van der Waals surface area contributed by atoms with Crippen LogP contribution in [0.5, 0.6) is 0 Å². The molecule has 2 aliphatic heterocycles. The number of rotatable bonds is 3. The van der Waals surface area contributed by atoms with Gasteiger partial charge in [-0.1, -0.05) is 12.1 Å². The summed E-state index contributed by atoms with van der Waals surface area (Å²) in [4.78, 5) is 26.4. The fourth-order valence-electron chi connectivity index (χ4n) is 3.19. The minimum Gasteiger partial charge on any atom is -0.372 e. The summed E-state index contributed by atoms with van der Waals surface area (Å²) in [6.07, 6.45) is -0.142. The van der Waals surface area contributed by atoms with Gasteiger partial charge in [-0.05, 0) is 26.0 Å². The van der Waals surface area contributed by atoms with Crippen LogP contribution in [0.1, 0.15) is 30.6 Å². The Morgan fingerprint density at radius 2 is 1.83 bits per heavy atom. The van der Waals surface area contributed by atoms with Crippen LogP contribution in [0.15, 0.2) is 29.2 Å². The largest absolute Gasteiger partial charge is 0.372 e. The molecule has 0 saturated carbocycles. The number of sulfonamides is 1. The van der Waals surface area contributed by atoms with Gasteiger partial charge in [0.05, 0.1) is 17.8 Å². The molecule has 24 heavy (non-hydrogen) atoms. The Hall–Kier alpha value is -1.93. The Morgan fingerprint density at radius 1 is 1.21 bits per heavy atom. The summed E-state index contributed by atoms with van der Waals surface area (Å²) in [6, 6.07) is 6.10. The van der Waals surface area contributed by atoms with E-state index in [1.165, 1.54) is 12.1 Å². The highest BCUT2D eigenvalue weighted by Crippen LogP contribution is 2.30. The second-order valence-electron chi connectivity index (χ2n) is 6.18. The van der Waals surface area contributed by atoms with Crippen LogP contribution >= 0.6 is 0 Å². The second-order valence-corrected chi connectivity index (χ2v) is 8.02. The highest BCUT2D eigenvalue weighted by Gasteiger charge is 2.41. The van der Waals surface area contributed by atoms with E-state index in [1.54, 1.807) is 17.0 Å². The normalized spacial score (nSPS) is 25.7. The zero-order chi connectivity index (χ0) is 17.5. The molecule has 0 aliphatic carbocycles. The van der Waals surface area contributed by atoms with Gasteiger partial charge < -0.3 is 9.64 Å². The van der Waals surface area contributed by atoms with Gasteiger partial charge in [0.2, 0.25) is 5.91 Å². The maximum absolute atomic E-state index is 12.4. The van der Waals surface area contributed by atoms with Gasteiger partial charge in [-0.25, -0.2) is 12.7 Å². The Bertz CT molecular complexity index is 766. The molecule has 0 spiro atoms. The summed E-state index contributed by atoms with van der Waals surface area (Å²) in [5.41, 5.74) is 0.165. The predicted molar refractivity (Wildman–Crippen MR) is 85.9 cm³/mol. The van der Waals surface area contributed by atoms with Gasteiger partial charge in [0.15, 0.2) is 0 Å². The molecule has 2 atom stereocenters. The van der Waals surface area contributed by atoms with Gasteiger partial charge in [-0.15, -0.1) is 0 Å². The Labute approximate surface area is 141 Å². The lowest BCUT2D eigenvalue weighted by atomic mass is 10.2. The SMILES string of the molecule is C[C@@H]1CN(C(=O)CCN2C(=O)c3ccccc3S2(=O)=O)C[C@@H](C)O1. The molecule has 1 aromatic carbocycles. The van der Waals surface area contributed by atoms with Crippen LogP contribution in [0.3, 0.4) is 0 Å². The van der Waals surface area contributed by atoms with Crippen LogP contribution in [-0.2, 0) is 19.6 Å². The van der Waals surface area contributed by atoms with Crippen molar-refractivity contribution < 1.29 is 22.7 Å². The third kappa shape index (κ3) is 2.91. The van der Waals surface area contributed by atoms with Crippen molar-refractivity contribution in [2.45, 2.75) is 37.4 Å². The van der Waals surface area contributed by atoms with E-state index in [2.05, 4.69) is 0 Å². The van der Waals surface area contributed by atoms with Gasteiger partial charge in [-0.2, -0.15) is 0 Å². The van der Waals surface area contributed by atoms with Crippen molar-refractivity contribution in [2.75, 3.05) is 19.6 Å². The molecule has 0 bridgehead atoms. The predicted octanol–water partition coefficient (Wildman–Crippen LogP) is 0.857. The van der Waals surface area contributed by atoms with Crippen molar-refractivity contribution in [3.05, 3.63) is 29.8 Å². The molecule has 2 aliphatic rings. The summed E-state index contributed by atoms with van der Waals surface area (Å²) in [7, 11) is -3.86. The topological polar surface area (TPSA) is 84.0 Å². The molecule has 2 heterocycles. The van der Waals surface area contributed by atoms with Crippen molar-refractivity contribution in [3.8, 4) is 0 Å². The quantitative estimate of drug-likeness (QED) is 0.805. The first kappa shape index (κ1) is 16.9. The summed E-state index contributed by atoms with van der Waals surface area (Å²) in [5.74, 6) is -0.738. The Morgan fingerprint density at radius 3 is 2.46 bits per heavy atom. The number of carbonyl (C=O) groups is 2. The lowest BCUT2D eigenvalue weighted by Crippen LogP contribution is -2.49. The molecule has 0 radical (unpaired) electrons. The maximum atomic E-state index is 12.4. The number of hydrogen-bond acceptors (Lipinski definition) is 5. The molecule has 2 amide bonds.